The molecule has 0 aliphatic heterocycles. The Morgan fingerprint density at radius 3 is 2.52 bits per heavy atom. The maximum absolute atomic E-state index is 11.9. The van der Waals surface area contributed by atoms with Crippen molar-refractivity contribution in [1.82, 2.24) is 5.43 Å². The number of benzene rings is 2. The van der Waals surface area contributed by atoms with Crippen LogP contribution in [0.3, 0.4) is 0 Å². The van der Waals surface area contributed by atoms with Crippen LogP contribution in [0.5, 0.6) is 11.5 Å². The van der Waals surface area contributed by atoms with E-state index in [1.165, 1.54) is 13.3 Å². The third-order valence-electron chi connectivity index (χ3n) is 3.59. The lowest BCUT2D eigenvalue weighted by molar-refractivity contribution is -0.136. The Morgan fingerprint density at radius 1 is 1.07 bits per heavy atom. The highest BCUT2D eigenvalue weighted by atomic mass is 16.5. The number of para-hydroxylation sites is 2. The van der Waals surface area contributed by atoms with Gasteiger partial charge in [-0.25, -0.2) is 5.43 Å². The molecule has 7 heteroatoms. The van der Waals surface area contributed by atoms with Gasteiger partial charge in [0.2, 0.25) is 0 Å². The Bertz CT molecular complexity index is 788. The lowest BCUT2D eigenvalue weighted by atomic mass is 10.2. The molecular formula is C20H23N3O4. The molecule has 0 aromatic heterocycles. The molecule has 0 bridgehead atoms. The second kappa shape index (κ2) is 10.6. The van der Waals surface area contributed by atoms with Gasteiger partial charge in [0.05, 0.1) is 25.6 Å². The first kappa shape index (κ1) is 20.0. The summed E-state index contributed by atoms with van der Waals surface area (Å²) in [5.41, 5.74) is 3.36. The van der Waals surface area contributed by atoms with E-state index in [1.54, 1.807) is 24.3 Å². The largest absolute Gasteiger partial charge is 0.495 e. The number of hydrazone groups is 1. The smallest absolute Gasteiger partial charge is 0.329 e. The minimum Gasteiger partial charge on any atom is -0.495 e. The Hall–Kier alpha value is -3.35. The number of amides is 2. The number of hydrogen-bond acceptors (Lipinski definition) is 5. The summed E-state index contributed by atoms with van der Waals surface area (Å²) in [6.07, 6.45) is 3.53. The van der Waals surface area contributed by atoms with Crippen molar-refractivity contribution in [3.63, 3.8) is 0 Å². The van der Waals surface area contributed by atoms with Crippen LogP contribution < -0.4 is 20.2 Å². The summed E-state index contributed by atoms with van der Waals surface area (Å²) < 4.78 is 10.7. The molecule has 7 nitrogen and oxygen atoms in total. The molecule has 0 fully saturated rings. The van der Waals surface area contributed by atoms with E-state index in [4.69, 9.17) is 9.47 Å². The molecule has 2 aromatic carbocycles. The normalized spacial score (nSPS) is 10.4. The molecule has 0 aliphatic rings. The van der Waals surface area contributed by atoms with E-state index >= 15 is 0 Å². The lowest BCUT2D eigenvalue weighted by Gasteiger charge is -2.08. The zero-order chi connectivity index (χ0) is 19.5. The van der Waals surface area contributed by atoms with E-state index in [1.807, 2.05) is 24.3 Å². The highest BCUT2D eigenvalue weighted by Gasteiger charge is 2.14. The Morgan fingerprint density at radius 2 is 1.81 bits per heavy atom. The summed E-state index contributed by atoms with van der Waals surface area (Å²) in [4.78, 5) is 23.8. The van der Waals surface area contributed by atoms with Crippen LogP contribution in [0, 0.1) is 0 Å². The first-order chi connectivity index (χ1) is 13.1. The van der Waals surface area contributed by atoms with Gasteiger partial charge in [-0.1, -0.05) is 25.5 Å². The fourth-order valence-corrected chi connectivity index (χ4v) is 2.13. The van der Waals surface area contributed by atoms with Crippen molar-refractivity contribution in [2.75, 3.05) is 19.0 Å². The van der Waals surface area contributed by atoms with Crippen LogP contribution in [0.4, 0.5) is 5.69 Å². The SMILES string of the molecule is CCCCOc1ccc(/C=N/NC(=O)C(=O)Nc2ccccc2OC)cc1. The van der Waals surface area contributed by atoms with Crippen LogP contribution in [0.1, 0.15) is 25.3 Å². The van der Waals surface area contributed by atoms with E-state index in [9.17, 15) is 9.59 Å². The molecule has 142 valence electrons. The number of methoxy groups -OCH3 is 1. The van der Waals surface area contributed by atoms with E-state index in [0.29, 0.717) is 18.0 Å². The molecule has 0 heterocycles. The van der Waals surface area contributed by atoms with Crippen LogP contribution in [0.2, 0.25) is 0 Å². The predicted molar refractivity (Wildman–Crippen MR) is 104 cm³/mol. The number of anilines is 1. The van der Waals surface area contributed by atoms with Gasteiger partial charge in [-0.3, -0.25) is 9.59 Å². The van der Waals surface area contributed by atoms with Crippen molar-refractivity contribution >= 4 is 23.7 Å². The van der Waals surface area contributed by atoms with Crippen LogP contribution >= 0.6 is 0 Å². The van der Waals surface area contributed by atoms with Crippen molar-refractivity contribution in [3.8, 4) is 11.5 Å². The fourth-order valence-electron chi connectivity index (χ4n) is 2.13. The summed E-state index contributed by atoms with van der Waals surface area (Å²) in [7, 11) is 1.48. The number of hydrogen-bond donors (Lipinski definition) is 2. The van der Waals surface area contributed by atoms with Gasteiger partial charge in [-0.15, -0.1) is 0 Å². The van der Waals surface area contributed by atoms with Gasteiger partial charge in [0, 0.05) is 0 Å². The number of nitrogens with one attached hydrogen (secondary N) is 2. The molecule has 0 radical (unpaired) electrons. The molecule has 0 atom stereocenters. The van der Waals surface area contributed by atoms with E-state index in [0.717, 1.165) is 24.2 Å². The number of ether oxygens (including phenoxy) is 2. The van der Waals surface area contributed by atoms with Gasteiger partial charge in [-0.2, -0.15) is 5.10 Å². The van der Waals surface area contributed by atoms with Gasteiger partial charge >= 0.3 is 11.8 Å². The van der Waals surface area contributed by atoms with Gasteiger partial charge in [0.25, 0.3) is 0 Å². The van der Waals surface area contributed by atoms with Crippen molar-refractivity contribution in [2.45, 2.75) is 19.8 Å². The number of rotatable bonds is 8. The van der Waals surface area contributed by atoms with Crippen LogP contribution in [0.25, 0.3) is 0 Å². The standard InChI is InChI=1S/C20H23N3O4/c1-3-4-13-27-16-11-9-15(10-12-16)14-21-23-20(25)19(24)22-17-7-5-6-8-18(17)26-2/h5-12,14H,3-4,13H2,1-2H3,(H,22,24)(H,23,25)/b21-14+. The summed E-state index contributed by atoms with van der Waals surface area (Å²) in [6, 6.07) is 14.1. The van der Waals surface area contributed by atoms with Crippen molar-refractivity contribution in [2.24, 2.45) is 5.10 Å². The van der Waals surface area contributed by atoms with Gasteiger partial charge in [0.1, 0.15) is 11.5 Å². The maximum atomic E-state index is 11.9. The van der Waals surface area contributed by atoms with E-state index in [2.05, 4.69) is 22.8 Å². The molecule has 2 N–H and O–H groups in total. The minimum absolute atomic E-state index is 0.405. The molecule has 0 saturated heterocycles. The molecule has 2 amide bonds. The first-order valence-electron chi connectivity index (χ1n) is 8.64. The monoisotopic (exact) mass is 369 g/mol. The number of unbranched alkanes of at least 4 members (excludes halogenated alkanes) is 1. The zero-order valence-corrected chi connectivity index (χ0v) is 15.4. The summed E-state index contributed by atoms with van der Waals surface area (Å²) in [5.74, 6) is -0.475. The highest BCUT2D eigenvalue weighted by Crippen LogP contribution is 2.22. The average Bonchev–Trinajstić information content (AvgIpc) is 2.69. The summed E-state index contributed by atoms with van der Waals surface area (Å²) >= 11 is 0. The summed E-state index contributed by atoms with van der Waals surface area (Å²) in [6.45, 7) is 2.79. The van der Waals surface area contributed by atoms with E-state index < -0.39 is 11.8 Å². The molecule has 0 aliphatic carbocycles. The Balaban J connectivity index is 1.84. The fraction of sp³-hybridized carbons (Fsp3) is 0.250. The quantitative estimate of drug-likeness (QED) is 0.324. The van der Waals surface area contributed by atoms with E-state index in [-0.39, 0.29) is 0 Å². The third-order valence-corrected chi connectivity index (χ3v) is 3.59. The topological polar surface area (TPSA) is 89.0 Å². The Kier molecular flexibility index (Phi) is 7.84. The molecule has 0 spiro atoms. The average molecular weight is 369 g/mol. The molecule has 0 saturated carbocycles. The molecular weight excluding hydrogens is 346 g/mol. The highest BCUT2D eigenvalue weighted by molar-refractivity contribution is 6.39. The van der Waals surface area contributed by atoms with Crippen LogP contribution in [-0.4, -0.2) is 31.7 Å². The van der Waals surface area contributed by atoms with Crippen LogP contribution in [0.15, 0.2) is 53.6 Å². The third kappa shape index (κ3) is 6.47. The number of nitrogens with zero attached hydrogens (tertiary/aromatic N) is 1. The summed E-state index contributed by atoms with van der Waals surface area (Å²) in [5, 5.41) is 6.27. The minimum atomic E-state index is -0.878. The zero-order valence-electron chi connectivity index (χ0n) is 15.4. The van der Waals surface area contributed by atoms with Crippen molar-refractivity contribution in [1.29, 1.82) is 0 Å². The Labute approximate surface area is 158 Å². The predicted octanol–water partition coefficient (Wildman–Crippen LogP) is 2.96. The van der Waals surface area contributed by atoms with Gasteiger partial charge in [0.15, 0.2) is 0 Å². The first-order valence-corrected chi connectivity index (χ1v) is 8.64. The van der Waals surface area contributed by atoms with Gasteiger partial charge < -0.3 is 14.8 Å². The molecule has 27 heavy (non-hydrogen) atoms. The molecule has 0 unspecified atom stereocenters. The van der Waals surface area contributed by atoms with Gasteiger partial charge in [-0.05, 0) is 48.4 Å². The van der Waals surface area contributed by atoms with Crippen molar-refractivity contribution < 1.29 is 19.1 Å². The maximum Gasteiger partial charge on any atom is 0.329 e. The molecule has 2 aromatic rings. The molecule has 2 rings (SSSR count). The van der Waals surface area contributed by atoms with Crippen molar-refractivity contribution in [3.05, 3.63) is 54.1 Å². The second-order valence-corrected chi connectivity index (χ2v) is 5.62. The second-order valence-electron chi connectivity index (χ2n) is 5.62. The number of carbonyl (C=O) groups excluding carboxylic acids is 2. The number of carbonyl (C=O) groups is 2. The lowest BCUT2D eigenvalue weighted by Crippen LogP contribution is -2.32. The van der Waals surface area contributed by atoms with Crippen LogP contribution in [-0.2, 0) is 9.59 Å².